The Kier molecular flexibility index (Phi) is 5.35. The van der Waals surface area contributed by atoms with Crippen molar-refractivity contribution in [1.82, 2.24) is 0 Å². The third-order valence-electron chi connectivity index (χ3n) is 6.52. The minimum absolute atomic E-state index is 0.211. The Morgan fingerprint density at radius 1 is 0.793 bits per heavy atom. The Morgan fingerprint density at radius 3 is 1.97 bits per heavy atom. The van der Waals surface area contributed by atoms with Gasteiger partial charge in [-0.25, -0.2) is 0 Å². The fraction of sp³-hybridized carbons (Fsp3) is 0.565. The minimum Gasteiger partial charge on any atom is -0.404 e. The fourth-order valence-electron chi connectivity index (χ4n) is 3.89. The second kappa shape index (κ2) is 7.42. The normalized spacial score (nSPS) is 25.2. The van der Waals surface area contributed by atoms with E-state index in [-0.39, 0.29) is 31.0 Å². The summed E-state index contributed by atoms with van der Waals surface area (Å²) in [7, 11) is -0.480. The van der Waals surface area contributed by atoms with Gasteiger partial charge in [-0.2, -0.15) is 0 Å². The molecule has 1 aromatic carbocycles. The van der Waals surface area contributed by atoms with Gasteiger partial charge in [-0.05, 0) is 77.3 Å². The zero-order valence-electron chi connectivity index (χ0n) is 18.6. The molecule has 1 aliphatic carbocycles. The predicted octanol–water partition coefficient (Wildman–Crippen LogP) is 4.03. The van der Waals surface area contributed by atoms with Crippen LogP contribution in [0.15, 0.2) is 47.5 Å². The molecule has 2 heterocycles. The first-order valence-corrected chi connectivity index (χ1v) is 10.7. The van der Waals surface area contributed by atoms with Crippen LogP contribution in [0.5, 0.6) is 0 Å². The molecule has 0 saturated carbocycles. The molecule has 3 aliphatic rings. The molecule has 4 nitrogen and oxygen atoms in total. The Labute approximate surface area is 175 Å². The molecule has 0 N–H and O–H groups in total. The lowest BCUT2D eigenvalue weighted by molar-refractivity contribution is 0.00578. The molecule has 4 rings (SSSR count). The van der Waals surface area contributed by atoms with Crippen molar-refractivity contribution in [1.29, 1.82) is 0 Å². The van der Waals surface area contributed by atoms with Crippen LogP contribution in [0.1, 0.15) is 59.9 Å². The average molecular weight is 394 g/mol. The van der Waals surface area contributed by atoms with Gasteiger partial charge >= 0.3 is 14.2 Å². The number of allylic oxidation sites excluding steroid dienone is 4. The van der Waals surface area contributed by atoms with Crippen LogP contribution in [-0.4, -0.2) is 37.6 Å². The van der Waals surface area contributed by atoms with Crippen molar-refractivity contribution in [3.8, 4) is 0 Å². The highest BCUT2D eigenvalue weighted by molar-refractivity contribution is 6.61. The van der Waals surface area contributed by atoms with Crippen molar-refractivity contribution in [2.24, 2.45) is 0 Å². The molecule has 2 fully saturated rings. The Bertz CT molecular complexity index is 808. The standard InChI is InChI=1S/C23H32B2O4/c1-21(2)16-26-24(27-21)19-11-7-17(8-12-19)15-18-9-13-20(14-10-18)25-28-22(3,4)23(5,6)29-25/h7-9,11-13H,10,14-16H2,1-6H3. The molecular formula is C23H32B2O4. The first-order valence-electron chi connectivity index (χ1n) is 10.7. The van der Waals surface area contributed by atoms with Gasteiger partial charge in [0.05, 0.1) is 23.4 Å². The molecule has 0 spiro atoms. The van der Waals surface area contributed by atoms with Crippen LogP contribution in [-0.2, 0) is 25.0 Å². The van der Waals surface area contributed by atoms with Crippen LogP contribution in [0.3, 0.4) is 0 Å². The number of benzene rings is 1. The van der Waals surface area contributed by atoms with E-state index in [1.807, 2.05) is 0 Å². The lowest BCUT2D eigenvalue weighted by atomic mass is 9.72. The fourth-order valence-corrected chi connectivity index (χ4v) is 3.89. The van der Waals surface area contributed by atoms with Gasteiger partial charge in [0.1, 0.15) is 0 Å². The third-order valence-corrected chi connectivity index (χ3v) is 6.52. The maximum absolute atomic E-state index is 6.19. The summed E-state index contributed by atoms with van der Waals surface area (Å²) in [4.78, 5) is 0. The van der Waals surface area contributed by atoms with Crippen LogP contribution < -0.4 is 5.46 Å². The van der Waals surface area contributed by atoms with Gasteiger partial charge in [0.15, 0.2) is 0 Å². The van der Waals surface area contributed by atoms with Gasteiger partial charge in [0, 0.05) is 0 Å². The molecule has 154 valence electrons. The monoisotopic (exact) mass is 394 g/mol. The molecule has 2 aliphatic heterocycles. The summed E-state index contributed by atoms with van der Waals surface area (Å²) in [6.07, 6.45) is 7.42. The summed E-state index contributed by atoms with van der Waals surface area (Å²) >= 11 is 0. The predicted molar refractivity (Wildman–Crippen MR) is 118 cm³/mol. The first kappa shape index (κ1) is 20.9. The van der Waals surface area contributed by atoms with E-state index in [2.05, 4.69) is 78.0 Å². The molecule has 6 heteroatoms. The van der Waals surface area contributed by atoms with Crippen molar-refractivity contribution < 1.29 is 18.6 Å². The molecule has 0 radical (unpaired) electrons. The van der Waals surface area contributed by atoms with E-state index in [0.717, 1.165) is 24.7 Å². The Balaban J connectivity index is 1.37. The zero-order chi connectivity index (χ0) is 20.9. The SMILES string of the molecule is CC1(C)COB(c2ccc(CC3=CC=C(B4OC(C)(C)C(C)(C)O4)CC3)cc2)O1. The molecule has 0 bridgehead atoms. The van der Waals surface area contributed by atoms with Crippen LogP contribution in [0.25, 0.3) is 0 Å². The van der Waals surface area contributed by atoms with Crippen LogP contribution in [0.4, 0.5) is 0 Å². The van der Waals surface area contributed by atoms with Crippen molar-refractivity contribution in [3.05, 3.63) is 53.0 Å². The molecular weight excluding hydrogens is 362 g/mol. The van der Waals surface area contributed by atoms with Crippen molar-refractivity contribution in [3.63, 3.8) is 0 Å². The molecule has 1 aromatic rings. The molecule has 2 saturated heterocycles. The van der Waals surface area contributed by atoms with Crippen LogP contribution in [0.2, 0.25) is 0 Å². The highest BCUT2D eigenvalue weighted by Gasteiger charge is 2.52. The van der Waals surface area contributed by atoms with E-state index in [4.69, 9.17) is 18.6 Å². The Hall–Kier alpha value is -1.33. The van der Waals surface area contributed by atoms with E-state index in [1.54, 1.807) is 0 Å². The molecule has 0 atom stereocenters. The number of rotatable bonds is 4. The maximum Gasteiger partial charge on any atom is 0.494 e. The minimum atomic E-state index is -0.286. The van der Waals surface area contributed by atoms with E-state index in [0.29, 0.717) is 6.61 Å². The van der Waals surface area contributed by atoms with E-state index < -0.39 is 0 Å². The zero-order valence-corrected chi connectivity index (χ0v) is 18.6. The second-order valence-corrected chi connectivity index (χ2v) is 10.1. The molecule has 29 heavy (non-hydrogen) atoms. The average Bonchev–Trinajstić information content (AvgIpc) is 3.11. The van der Waals surface area contributed by atoms with Crippen molar-refractivity contribution >= 4 is 19.7 Å². The number of hydrogen-bond acceptors (Lipinski definition) is 4. The van der Waals surface area contributed by atoms with Crippen molar-refractivity contribution in [2.45, 2.75) is 77.6 Å². The number of hydrogen-bond donors (Lipinski definition) is 0. The largest absolute Gasteiger partial charge is 0.494 e. The summed E-state index contributed by atoms with van der Waals surface area (Å²) in [6, 6.07) is 8.61. The van der Waals surface area contributed by atoms with Gasteiger partial charge < -0.3 is 18.6 Å². The summed E-state index contributed by atoms with van der Waals surface area (Å²) in [5, 5.41) is 0. The third kappa shape index (κ3) is 4.41. The second-order valence-electron chi connectivity index (χ2n) is 10.1. The molecule has 0 unspecified atom stereocenters. The smallest absolute Gasteiger partial charge is 0.404 e. The van der Waals surface area contributed by atoms with Gasteiger partial charge in [-0.15, -0.1) is 0 Å². The van der Waals surface area contributed by atoms with E-state index >= 15 is 0 Å². The Morgan fingerprint density at radius 2 is 1.45 bits per heavy atom. The van der Waals surface area contributed by atoms with E-state index in [9.17, 15) is 0 Å². The van der Waals surface area contributed by atoms with Gasteiger partial charge in [-0.3, -0.25) is 0 Å². The van der Waals surface area contributed by atoms with Crippen LogP contribution in [0, 0.1) is 0 Å². The van der Waals surface area contributed by atoms with Gasteiger partial charge in [0.2, 0.25) is 0 Å². The molecule has 0 aromatic heterocycles. The van der Waals surface area contributed by atoms with Crippen LogP contribution >= 0.6 is 0 Å². The highest BCUT2D eigenvalue weighted by Crippen LogP contribution is 2.40. The summed E-state index contributed by atoms with van der Waals surface area (Å²) in [5.74, 6) is 0. The lowest BCUT2D eigenvalue weighted by Crippen LogP contribution is -2.41. The first-order chi connectivity index (χ1) is 13.5. The topological polar surface area (TPSA) is 36.9 Å². The van der Waals surface area contributed by atoms with Gasteiger partial charge in [0.25, 0.3) is 0 Å². The summed E-state index contributed by atoms with van der Waals surface area (Å²) in [6.45, 7) is 13.1. The quantitative estimate of drug-likeness (QED) is 0.723. The van der Waals surface area contributed by atoms with Crippen molar-refractivity contribution in [2.75, 3.05) is 6.61 Å². The summed E-state index contributed by atoms with van der Waals surface area (Å²) < 4.78 is 24.1. The van der Waals surface area contributed by atoms with E-state index in [1.165, 1.54) is 16.6 Å². The maximum atomic E-state index is 6.19. The van der Waals surface area contributed by atoms with Gasteiger partial charge in [-0.1, -0.05) is 42.0 Å². The summed E-state index contributed by atoms with van der Waals surface area (Å²) in [5.41, 5.74) is 4.29. The highest BCUT2D eigenvalue weighted by atomic mass is 16.7. The molecule has 0 amide bonds. The lowest BCUT2D eigenvalue weighted by Gasteiger charge is -2.32.